The largest absolute Gasteiger partial charge is 0.388 e. The SMILES string of the molecule is OC(Cc1cccnc1)c1ccc(Br)cc1F. The van der Waals surface area contributed by atoms with Crippen LogP contribution >= 0.6 is 15.9 Å². The molecule has 17 heavy (non-hydrogen) atoms. The molecule has 1 atom stereocenters. The fourth-order valence-electron chi connectivity index (χ4n) is 1.62. The van der Waals surface area contributed by atoms with E-state index in [1.165, 1.54) is 6.07 Å². The number of nitrogens with zero attached hydrogens (tertiary/aromatic N) is 1. The van der Waals surface area contributed by atoms with Gasteiger partial charge in [-0.15, -0.1) is 0 Å². The molecule has 1 aromatic carbocycles. The second-order valence-electron chi connectivity index (χ2n) is 3.75. The van der Waals surface area contributed by atoms with Gasteiger partial charge in [0.1, 0.15) is 5.82 Å². The van der Waals surface area contributed by atoms with E-state index in [2.05, 4.69) is 20.9 Å². The van der Waals surface area contributed by atoms with E-state index in [-0.39, 0.29) is 0 Å². The van der Waals surface area contributed by atoms with Crippen molar-refractivity contribution in [3.63, 3.8) is 0 Å². The summed E-state index contributed by atoms with van der Waals surface area (Å²) in [5.41, 5.74) is 1.18. The highest BCUT2D eigenvalue weighted by atomic mass is 79.9. The summed E-state index contributed by atoms with van der Waals surface area (Å²) in [6.45, 7) is 0. The maximum absolute atomic E-state index is 13.6. The van der Waals surface area contributed by atoms with E-state index in [0.29, 0.717) is 16.5 Å². The zero-order valence-electron chi connectivity index (χ0n) is 8.98. The van der Waals surface area contributed by atoms with Crippen molar-refractivity contribution in [2.45, 2.75) is 12.5 Å². The van der Waals surface area contributed by atoms with Gasteiger partial charge in [-0.1, -0.05) is 28.1 Å². The quantitative estimate of drug-likeness (QED) is 0.943. The van der Waals surface area contributed by atoms with E-state index >= 15 is 0 Å². The van der Waals surface area contributed by atoms with Crippen LogP contribution in [-0.2, 0) is 6.42 Å². The normalized spacial score (nSPS) is 12.4. The molecule has 0 fully saturated rings. The van der Waals surface area contributed by atoms with Gasteiger partial charge in [0.15, 0.2) is 0 Å². The minimum absolute atomic E-state index is 0.303. The third kappa shape index (κ3) is 3.11. The Morgan fingerprint density at radius 3 is 2.82 bits per heavy atom. The highest BCUT2D eigenvalue weighted by Crippen LogP contribution is 2.23. The van der Waals surface area contributed by atoms with Crippen LogP contribution in [0.1, 0.15) is 17.2 Å². The minimum Gasteiger partial charge on any atom is -0.388 e. The van der Waals surface area contributed by atoms with Crippen molar-refractivity contribution in [2.75, 3.05) is 0 Å². The Bertz CT molecular complexity index is 504. The highest BCUT2D eigenvalue weighted by Gasteiger charge is 2.13. The number of rotatable bonds is 3. The van der Waals surface area contributed by atoms with Crippen LogP contribution in [-0.4, -0.2) is 10.1 Å². The number of aliphatic hydroxyl groups excluding tert-OH is 1. The number of halogens is 2. The smallest absolute Gasteiger partial charge is 0.130 e. The zero-order chi connectivity index (χ0) is 12.3. The molecule has 1 aromatic heterocycles. The third-order valence-electron chi connectivity index (χ3n) is 2.47. The van der Waals surface area contributed by atoms with E-state index in [1.54, 1.807) is 30.6 Å². The number of aliphatic hydroxyl groups is 1. The van der Waals surface area contributed by atoms with Crippen LogP contribution < -0.4 is 0 Å². The second-order valence-corrected chi connectivity index (χ2v) is 4.66. The van der Waals surface area contributed by atoms with E-state index in [9.17, 15) is 9.50 Å². The molecule has 1 heterocycles. The van der Waals surface area contributed by atoms with Crippen molar-refractivity contribution < 1.29 is 9.50 Å². The fraction of sp³-hybridized carbons (Fsp3) is 0.154. The summed E-state index contributed by atoms with van der Waals surface area (Å²) >= 11 is 3.18. The lowest BCUT2D eigenvalue weighted by atomic mass is 10.0. The molecule has 1 N–H and O–H groups in total. The molecule has 1 unspecified atom stereocenters. The summed E-state index contributed by atoms with van der Waals surface area (Å²) in [6, 6.07) is 8.29. The molecule has 0 aliphatic carbocycles. The van der Waals surface area contributed by atoms with Crippen molar-refractivity contribution in [1.82, 2.24) is 4.98 Å². The van der Waals surface area contributed by atoms with E-state index in [4.69, 9.17) is 0 Å². The maximum atomic E-state index is 13.6. The predicted molar refractivity (Wildman–Crippen MR) is 67.0 cm³/mol. The monoisotopic (exact) mass is 295 g/mol. The standard InChI is InChI=1S/C13H11BrFNO/c14-10-3-4-11(12(15)7-10)13(17)6-9-2-1-5-16-8-9/h1-5,7-8,13,17H,6H2. The first-order chi connectivity index (χ1) is 8.16. The molecule has 2 aromatic rings. The number of hydrogen-bond donors (Lipinski definition) is 1. The molecule has 0 amide bonds. The third-order valence-corrected chi connectivity index (χ3v) is 2.97. The molecule has 0 aliphatic rings. The van der Waals surface area contributed by atoms with Crippen LogP contribution in [0, 0.1) is 5.82 Å². The van der Waals surface area contributed by atoms with Crippen LogP contribution in [0.25, 0.3) is 0 Å². The molecule has 0 spiro atoms. The Morgan fingerprint density at radius 2 is 2.18 bits per heavy atom. The average molecular weight is 296 g/mol. The molecule has 0 radical (unpaired) electrons. The first-order valence-corrected chi connectivity index (χ1v) is 5.98. The predicted octanol–water partition coefficient (Wildman–Crippen LogP) is 3.26. The summed E-state index contributed by atoms with van der Waals surface area (Å²) in [7, 11) is 0. The minimum atomic E-state index is -0.854. The number of hydrogen-bond acceptors (Lipinski definition) is 2. The van der Waals surface area contributed by atoms with Gasteiger partial charge >= 0.3 is 0 Å². The molecular weight excluding hydrogens is 285 g/mol. The topological polar surface area (TPSA) is 33.1 Å². The summed E-state index contributed by atoms with van der Waals surface area (Å²) < 4.78 is 14.3. The lowest BCUT2D eigenvalue weighted by molar-refractivity contribution is 0.173. The summed E-state index contributed by atoms with van der Waals surface area (Å²) in [6.07, 6.45) is 2.83. The average Bonchev–Trinajstić information content (AvgIpc) is 2.30. The van der Waals surface area contributed by atoms with Crippen LogP contribution in [0.5, 0.6) is 0 Å². The van der Waals surface area contributed by atoms with Crippen LogP contribution in [0.3, 0.4) is 0 Å². The summed E-state index contributed by atoms with van der Waals surface area (Å²) in [5, 5.41) is 9.96. The Kier molecular flexibility index (Phi) is 3.86. The van der Waals surface area contributed by atoms with Gasteiger partial charge in [0, 0.05) is 28.9 Å². The first-order valence-electron chi connectivity index (χ1n) is 5.19. The summed E-state index contributed by atoms with van der Waals surface area (Å²) in [4.78, 5) is 3.96. The van der Waals surface area contributed by atoms with Crippen molar-refractivity contribution in [3.05, 3.63) is 64.1 Å². The Balaban J connectivity index is 2.17. The maximum Gasteiger partial charge on any atom is 0.130 e. The number of aromatic nitrogens is 1. The lowest BCUT2D eigenvalue weighted by Gasteiger charge is -2.12. The van der Waals surface area contributed by atoms with Crippen molar-refractivity contribution in [1.29, 1.82) is 0 Å². The van der Waals surface area contributed by atoms with Crippen LogP contribution in [0.2, 0.25) is 0 Å². The Morgan fingerprint density at radius 1 is 1.35 bits per heavy atom. The van der Waals surface area contributed by atoms with Crippen LogP contribution in [0.4, 0.5) is 4.39 Å². The molecule has 0 bridgehead atoms. The van der Waals surface area contributed by atoms with Gasteiger partial charge in [0.2, 0.25) is 0 Å². The van der Waals surface area contributed by atoms with Gasteiger partial charge in [-0.25, -0.2) is 4.39 Å². The van der Waals surface area contributed by atoms with Crippen molar-refractivity contribution in [2.24, 2.45) is 0 Å². The molecular formula is C13H11BrFNO. The molecule has 0 aliphatic heterocycles. The van der Waals surface area contributed by atoms with Gasteiger partial charge in [-0.2, -0.15) is 0 Å². The number of pyridine rings is 1. The van der Waals surface area contributed by atoms with Crippen molar-refractivity contribution >= 4 is 15.9 Å². The van der Waals surface area contributed by atoms with Gasteiger partial charge in [0.05, 0.1) is 6.10 Å². The molecule has 2 rings (SSSR count). The Hall–Kier alpha value is -1.26. The molecule has 0 saturated heterocycles. The van der Waals surface area contributed by atoms with Gasteiger partial charge in [0.25, 0.3) is 0 Å². The van der Waals surface area contributed by atoms with E-state index in [0.717, 1.165) is 5.56 Å². The van der Waals surface area contributed by atoms with E-state index < -0.39 is 11.9 Å². The second kappa shape index (κ2) is 5.38. The highest BCUT2D eigenvalue weighted by molar-refractivity contribution is 9.10. The number of benzene rings is 1. The van der Waals surface area contributed by atoms with Gasteiger partial charge < -0.3 is 5.11 Å². The zero-order valence-corrected chi connectivity index (χ0v) is 10.6. The molecule has 4 heteroatoms. The lowest BCUT2D eigenvalue weighted by Crippen LogP contribution is -2.04. The summed E-state index contributed by atoms with van der Waals surface area (Å²) in [5.74, 6) is -0.407. The van der Waals surface area contributed by atoms with Crippen LogP contribution in [0.15, 0.2) is 47.2 Å². The fourth-order valence-corrected chi connectivity index (χ4v) is 1.96. The Labute approximate surface area is 107 Å². The first kappa shape index (κ1) is 12.2. The molecule has 88 valence electrons. The van der Waals surface area contributed by atoms with Crippen molar-refractivity contribution in [3.8, 4) is 0 Å². The molecule has 0 saturated carbocycles. The van der Waals surface area contributed by atoms with Gasteiger partial charge in [-0.3, -0.25) is 4.98 Å². The van der Waals surface area contributed by atoms with Gasteiger partial charge in [-0.05, 0) is 23.8 Å². The molecule has 2 nitrogen and oxygen atoms in total. The van der Waals surface area contributed by atoms with E-state index in [1.807, 2.05) is 6.07 Å².